The van der Waals surface area contributed by atoms with Gasteiger partial charge in [-0.15, -0.1) is 0 Å². The van der Waals surface area contributed by atoms with Crippen LogP contribution in [0.25, 0.3) is 10.9 Å². The van der Waals surface area contributed by atoms with Crippen LogP contribution in [0.1, 0.15) is 53.3 Å². The lowest BCUT2D eigenvalue weighted by Crippen LogP contribution is -2.74. The summed E-state index contributed by atoms with van der Waals surface area (Å²) in [5.74, 6) is 1.77. The number of aromatic amines is 1. The smallest absolute Gasteiger partial charge is 0.193 e. The quantitative estimate of drug-likeness (QED) is 0.119. The predicted molar refractivity (Wildman–Crippen MR) is 166 cm³/mol. The van der Waals surface area contributed by atoms with Crippen LogP contribution in [0, 0.1) is 5.92 Å². The van der Waals surface area contributed by atoms with Crippen LogP contribution in [0.2, 0.25) is 0 Å². The average Bonchev–Trinajstić information content (AvgIpc) is 3.64. The van der Waals surface area contributed by atoms with Crippen molar-refractivity contribution in [3.63, 3.8) is 0 Å². The maximum absolute atomic E-state index is 13.1. The van der Waals surface area contributed by atoms with Crippen molar-refractivity contribution in [2.75, 3.05) is 24.1 Å². The fraction of sp³-hybridized carbons (Fsp3) is 0.382. The Balaban J connectivity index is 1.12. The normalized spacial score (nSPS) is 28.8. The molecule has 1 saturated heterocycles. The van der Waals surface area contributed by atoms with E-state index in [2.05, 4.69) is 26.3 Å². The van der Waals surface area contributed by atoms with Crippen molar-refractivity contribution in [2.24, 2.45) is 16.6 Å². The van der Waals surface area contributed by atoms with Gasteiger partial charge in [-0.05, 0) is 91.2 Å². The summed E-state index contributed by atoms with van der Waals surface area (Å²) in [6.45, 7) is 2.41. The number of guanidine groups is 1. The molecular formula is C34H36N6O3. The number of aromatic nitrogens is 1. The summed E-state index contributed by atoms with van der Waals surface area (Å²) < 4.78 is 6.71. The van der Waals surface area contributed by atoms with E-state index in [1.807, 2.05) is 42.5 Å². The molecule has 1 spiro atoms. The standard InChI is InChI=1S/C34H36N6O3/c35-21-6-3-18(4-7-21)16-37-32(36)38-22-8-9-25-23(14-22)24-15-34(42)27-13-20-5-10-26(41)30-28(20)33(34,31(43-30)29(24)39-25)11-12-40(27)17-19-1-2-19/h3-10,14,19,27,31,39,41-42H,1-2,11-13,15-17,35H2,(H3,36,37,38)/t27-,31?,33-,34+/m0/s1. The third-order valence-corrected chi connectivity index (χ3v) is 10.8. The summed E-state index contributed by atoms with van der Waals surface area (Å²) in [5.41, 5.74) is 18.3. The monoisotopic (exact) mass is 576 g/mol. The zero-order valence-corrected chi connectivity index (χ0v) is 23.9. The summed E-state index contributed by atoms with van der Waals surface area (Å²) in [7, 11) is 0. The molecule has 2 fully saturated rings. The molecule has 8 N–H and O–H groups in total. The summed E-state index contributed by atoms with van der Waals surface area (Å²) in [6.07, 6.45) is 4.24. The predicted octanol–water partition coefficient (Wildman–Crippen LogP) is 4.08. The van der Waals surface area contributed by atoms with Gasteiger partial charge in [0, 0.05) is 46.8 Å². The second-order valence-electron chi connectivity index (χ2n) is 13.3. The number of aliphatic hydroxyl groups is 1. The van der Waals surface area contributed by atoms with Gasteiger partial charge in [-0.25, -0.2) is 4.99 Å². The first-order chi connectivity index (χ1) is 20.8. The zero-order valence-electron chi connectivity index (χ0n) is 23.9. The number of fused-ring (bicyclic) bond motifs is 4. The highest BCUT2D eigenvalue weighted by Crippen LogP contribution is 2.69. The third kappa shape index (κ3) is 3.49. The van der Waals surface area contributed by atoms with E-state index in [0.29, 0.717) is 30.4 Å². The van der Waals surface area contributed by atoms with E-state index in [1.165, 1.54) is 18.4 Å². The van der Waals surface area contributed by atoms with E-state index in [1.54, 1.807) is 6.07 Å². The van der Waals surface area contributed by atoms with Gasteiger partial charge in [0.2, 0.25) is 0 Å². The Labute approximate surface area is 249 Å². The van der Waals surface area contributed by atoms with Gasteiger partial charge in [0.15, 0.2) is 23.6 Å². The number of piperidine rings is 1. The second-order valence-corrected chi connectivity index (χ2v) is 13.3. The number of phenols is 1. The van der Waals surface area contributed by atoms with Crippen LogP contribution in [0.3, 0.4) is 0 Å². The number of likely N-dealkylation sites (tertiary alicyclic amines) is 1. The van der Waals surface area contributed by atoms with Crippen molar-refractivity contribution in [3.8, 4) is 11.5 Å². The van der Waals surface area contributed by atoms with Crippen molar-refractivity contribution >= 4 is 28.2 Å². The van der Waals surface area contributed by atoms with Crippen molar-refractivity contribution in [1.29, 1.82) is 0 Å². The number of nitrogen functional groups attached to an aromatic ring is 1. The van der Waals surface area contributed by atoms with Crippen LogP contribution < -0.4 is 21.5 Å². The van der Waals surface area contributed by atoms with Crippen molar-refractivity contribution in [3.05, 3.63) is 82.5 Å². The lowest BCUT2D eigenvalue weighted by Gasteiger charge is -2.62. The Morgan fingerprint density at radius 1 is 1.14 bits per heavy atom. The van der Waals surface area contributed by atoms with E-state index in [0.717, 1.165) is 70.8 Å². The molecule has 0 radical (unpaired) electrons. The molecule has 3 aliphatic carbocycles. The van der Waals surface area contributed by atoms with Gasteiger partial charge in [0.1, 0.15) is 0 Å². The zero-order chi connectivity index (χ0) is 29.1. The SMILES string of the molecule is NC(=NCc1ccc(N)cc1)Nc1ccc2[nH]c3c(c2c1)C[C@@]1(O)[C@@H]2Cc4ccc(O)c5c4[C@@]1(CCN2CC1CC1)C3O5. The van der Waals surface area contributed by atoms with Gasteiger partial charge < -0.3 is 36.7 Å². The Bertz CT molecular complexity index is 1830. The first-order valence-electron chi connectivity index (χ1n) is 15.4. The summed E-state index contributed by atoms with van der Waals surface area (Å²) in [5, 5.41) is 28.3. The number of aromatic hydroxyl groups is 1. The molecule has 43 heavy (non-hydrogen) atoms. The number of nitrogens with two attached hydrogens (primary N) is 2. The topological polar surface area (TPSA) is 145 Å². The fourth-order valence-corrected chi connectivity index (χ4v) is 8.69. The molecule has 4 aromatic rings. The molecular weight excluding hydrogens is 540 g/mol. The number of ether oxygens (including phenoxy) is 1. The van der Waals surface area contributed by atoms with Crippen LogP contribution in [-0.4, -0.2) is 50.8 Å². The first kappa shape index (κ1) is 25.3. The lowest BCUT2D eigenvalue weighted by molar-refractivity contribution is -0.173. The minimum absolute atomic E-state index is 0.00790. The van der Waals surface area contributed by atoms with Gasteiger partial charge in [0.25, 0.3) is 0 Å². The van der Waals surface area contributed by atoms with E-state index in [-0.39, 0.29) is 11.8 Å². The van der Waals surface area contributed by atoms with Gasteiger partial charge >= 0.3 is 0 Å². The Morgan fingerprint density at radius 2 is 1.98 bits per heavy atom. The molecule has 3 aromatic carbocycles. The molecule has 9 nitrogen and oxygen atoms in total. The van der Waals surface area contributed by atoms with E-state index in [4.69, 9.17) is 16.2 Å². The molecule has 0 amide bonds. The number of benzene rings is 3. The Hall–Kier alpha value is -4.21. The molecule has 1 unspecified atom stereocenters. The largest absolute Gasteiger partial charge is 0.504 e. The number of phenolic OH excluding ortho intramolecular Hbond substituents is 1. The molecule has 3 heterocycles. The Kier molecular flexibility index (Phi) is 5.10. The third-order valence-electron chi connectivity index (χ3n) is 10.8. The van der Waals surface area contributed by atoms with E-state index in [9.17, 15) is 10.2 Å². The number of rotatable bonds is 5. The van der Waals surface area contributed by atoms with Crippen LogP contribution in [0.4, 0.5) is 11.4 Å². The van der Waals surface area contributed by atoms with Gasteiger partial charge in [-0.3, -0.25) is 4.90 Å². The highest BCUT2D eigenvalue weighted by molar-refractivity contribution is 5.96. The molecule has 1 aromatic heterocycles. The summed E-state index contributed by atoms with van der Waals surface area (Å²) in [4.78, 5) is 10.7. The fourth-order valence-electron chi connectivity index (χ4n) is 8.69. The second kappa shape index (κ2) is 8.67. The van der Waals surface area contributed by atoms with Crippen molar-refractivity contribution in [1.82, 2.24) is 9.88 Å². The minimum Gasteiger partial charge on any atom is -0.504 e. The molecule has 5 aliphatic rings. The van der Waals surface area contributed by atoms with Crippen LogP contribution in [0.5, 0.6) is 11.5 Å². The van der Waals surface area contributed by atoms with E-state index >= 15 is 0 Å². The first-order valence-corrected chi connectivity index (χ1v) is 15.4. The number of H-pyrrole nitrogens is 1. The average molecular weight is 577 g/mol. The molecule has 2 aliphatic heterocycles. The molecule has 9 heteroatoms. The lowest BCUT2D eigenvalue weighted by atomic mass is 9.49. The van der Waals surface area contributed by atoms with Crippen LogP contribution >= 0.6 is 0 Å². The number of nitrogens with one attached hydrogen (secondary N) is 2. The highest BCUT2D eigenvalue weighted by atomic mass is 16.5. The molecule has 220 valence electrons. The van der Waals surface area contributed by atoms with Gasteiger partial charge in [-0.2, -0.15) is 0 Å². The number of anilines is 2. The number of nitrogens with zero attached hydrogens (tertiary/aromatic N) is 2. The summed E-state index contributed by atoms with van der Waals surface area (Å²) >= 11 is 0. The number of aliphatic imine (C=N–C) groups is 1. The molecule has 4 atom stereocenters. The van der Waals surface area contributed by atoms with Gasteiger partial charge in [-0.1, -0.05) is 18.2 Å². The van der Waals surface area contributed by atoms with Crippen molar-refractivity contribution < 1.29 is 14.9 Å². The maximum Gasteiger partial charge on any atom is 0.193 e. The summed E-state index contributed by atoms with van der Waals surface area (Å²) in [6, 6.07) is 17.5. The van der Waals surface area contributed by atoms with Crippen LogP contribution in [0.15, 0.2) is 59.6 Å². The van der Waals surface area contributed by atoms with Crippen molar-refractivity contribution in [2.45, 2.75) is 61.8 Å². The minimum atomic E-state index is -1.03. The maximum atomic E-state index is 13.1. The number of hydrogen-bond acceptors (Lipinski definition) is 6. The molecule has 1 saturated carbocycles. The molecule has 2 bridgehead atoms. The van der Waals surface area contributed by atoms with Gasteiger partial charge in [0.05, 0.1) is 23.3 Å². The highest BCUT2D eigenvalue weighted by Gasteiger charge is 2.72. The molecule has 9 rings (SSSR count). The van der Waals surface area contributed by atoms with E-state index < -0.39 is 17.1 Å². The number of hydrogen-bond donors (Lipinski definition) is 6. The van der Waals surface area contributed by atoms with Crippen LogP contribution in [-0.2, 0) is 24.8 Å². The Morgan fingerprint density at radius 3 is 2.79 bits per heavy atom.